The zero-order valence-corrected chi connectivity index (χ0v) is 8.64. The first kappa shape index (κ1) is 9.47. The highest BCUT2D eigenvalue weighted by atomic mass is 16.5. The molecule has 0 radical (unpaired) electrons. The first-order valence-electron chi connectivity index (χ1n) is 5.30. The third kappa shape index (κ3) is 1.49. The van der Waals surface area contributed by atoms with Gasteiger partial charge in [0.2, 0.25) is 0 Å². The molecule has 0 amide bonds. The van der Waals surface area contributed by atoms with Crippen molar-refractivity contribution < 1.29 is 4.74 Å². The Bertz CT molecular complexity index is 573. The summed E-state index contributed by atoms with van der Waals surface area (Å²) >= 11 is 0. The molecule has 5 nitrogen and oxygen atoms in total. The van der Waals surface area contributed by atoms with Crippen molar-refractivity contribution in [3.63, 3.8) is 0 Å². The Morgan fingerprint density at radius 2 is 2.44 bits per heavy atom. The Morgan fingerprint density at radius 1 is 1.50 bits per heavy atom. The van der Waals surface area contributed by atoms with Gasteiger partial charge in [-0.2, -0.15) is 0 Å². The van der Waals surface area contributed by atoms with Crippen LogP contribution in [-0.4, -0.2) is 21.6 Å². The van der Waals surface area contributed by atoms with Gasteiger partial charge in [-0.15, -0.1) is 0 Å². The summed E-state index contributed by atoms with van der Waals surface area (Å²) < 4.78 is 5.49. The largest absolute Gasteiger partial charge is 0.370 e. The molecular weight excluding hydrogens is 206 g/mol. The van der Waals surface area contributed by atoms with Crippen LogP contribution in [0.25, 0.3) is 10.9 Å². The van der Waals surface area contributed by atoms with Gasteiger partial charge in [-0.25, -0.2) is 4.98 Å². The molecule has 0 aliphatic carbocycles. The summed E-state index contributed by atoms with van der Waals surface area (Å²) in [5.41, 5.74) is 0.495. The van der Waals surface area contributed by atoms with Crippen molar-refractivity contribution in [2.45, 2.75) is 18.9 Å². The lowest BCUT2D eigenvalue weighted by Gasteiger charge is -2.08. The molecule has 0 spiro atoms. The smallest absolute Gasteiger partial charge is 0.258 e. The molecule has 0 saturated carbocycles. The van der Waals surface area contributed by atoms with E-state index >= 15 is 0 Å². The molecule has 5 heteroatoms. The topological polar surface area (TPSA) is 67.9 Å². The zero-order valence-electron chi connectivity index (χ0n) is 8.64. The molecule has 2 aromatic rings. The summed E-state index contributed by atoms with van der Waals surface area (Å²) in [7, 11) is 0. The standard InChI is InChI=1S/C11H11N3O2/c15-11-7-3-4-12-6-8(7)13-10(14-11)9-2-1-5-16-9/h3-4,6,9H,1-2,5H2,(H,13,14,15)/t9-/m1/s1. The van der Waals surface area contributed by atoms with Crippen molar-refractivity contribution in [2.75, 3.05) is 6.61 Å². The molecule has 2 aromatic heterocycles. The maximum Gasteiger partial charge on any atom is 0.258 e. The van der Waals surface area contributed by atoms with Gasteiger partial charge in [-0.1, -0.05) is 0 Å². The summed E-state index contributed by atoms with van der Waals surface area (Å²) in [6.45, 7) is 0.736. The number of H-pyrrole nitrogens is 1. The van der Waals surface area contributed by atoms with E-state index in [4.69, 9.17) is 4.74 Å². The fourth-order valence-corrected chi connectivity index (χ4v) is 1.95. The van der Waals surface area contributed by atoms with Gasteiger partial charge in [-0.3, -0.25) is 9.78 Å². The van der Waals surface area contributed by atoms with Crippen LogP contribution in [0, 0.1) is 0 Å². The second-order valence-corrected chi connectivity index (χ2v) is 3.85. The lowest BCUT2D eigenvalue weighted by Crippen LogP contribution is -2.14. The molecule has 1 aliphatic rings. The second-order valence-electron chi connectivity index (χ2n) is 3.85. The van der Waals surface area contributed by atoms with E-state index in [2.05, 4.69) is 15.0 Å². The Morgan fingerprint density at radius 3 is 3.25 bits per heavy atom. The first-order chi connectivity index (χ1) is 7.84. The highest BCUT2D eigenvalue weighted by Crippen LogP contribution is 2.25. The zero-order chi connectivity index (χ0) is 11.0. The Hall–Kier alpha value is -1.75. The Kier molecular flexibility index (Phi) is 2.18. The molecule has 1 saturated heterocycles. The third-order valence-electron chi connectivity index (χ3n) is 2.76. The lowest BCUT2D eigenvalue weighted by molar-refractivity contribution is 0.105. The van der Waals surface area contributed by atoms with Crippen LogP contribution in [0.15, 0.2) is 23.3 Å². The fourth-order valence-electron chi connectivity index (χ4n) is 1.95. The van der Waals surface area contributed by atoms with Crippen LogP contribution < -0.4 is 5.56 Å². The predicted octanol–water partition coefficient (Wildman–Crippen LogP) is 1.17. The van der Waals surface area contributed by atoms with Crippen LogP contribution in [0.2, 0.25) is 0 Å². The highest BCUT2D eigenvalue weighted by Gasteiger charge is 2.20. The SMILES string of the molecule is O=c1[nH]c([C@H]2CCCO2)nc2cnccc12. The van der Waals surface area contributed by atoms with E-state index in [1.54, 1.807) is 18.5 Å². The van der Waals surface area contributed by atoms with Gasteiger partial charge in [0.1, 0.15) is 11.9 Å². The highest BCUT2D eigenvalue weighted by molar-refractivity contribution is 5.75. The van der Waals surface area contributed by atoms with E-state index in [0.29, 0.717) is 16.7 Å². The molecule has 0 unspecified atom stereocenters. The van der Waals surface area contributed by atoms with Gasteiger partial charge >= 0.3 is 0 Å². The number of aromatic amines is 1. The van der Waals surface area contributed by atoms with Crippen LogP contribution in [0.5, 0.6) is 0 Å². The van der Waals surface area contributed by atoms with Gasteiger partial charge in [-0.05, 0) is 18.9 Å². The average molecular weight is 217 g/mol. The average Bonchev–Trinajstić information content (AvgIpc) is 2.82. The number of fused-ring (bicyclic) bond motifs is 1. The summed E-state index contributed by atoms with van der Waals surface area (Å²) in [5.74, 6) is 0.614. The summed E-state index contributed by atoms with van der Waals surface area (Å²) in [6, 6.07) is 1.67. The molecule has 3 rings (SSSR count). The number of rotatable bonds is 1. The van der Waals surface area contributed by atoms with Crippen molar-refractivity contribution in [1.29, 1.82) is 0 Å². The molecule has 1 atom stereocenters. The van der Waals surface area contributed by atoms with Crippen LogP contribution in [0.3, 0.4) is 0 Å². The second kappa shape index (κ2) is 3.68. The maximum absolute atomic E-state index is 11.8. The quantitative estimate of drug-likeness (QED) is 0.778. The fraction of sp³-hybridized carbons (Fsp3) is 0.364. The van der Waals surface area contributed by atoms with E-state index in [1.165, 1.54) is 0 Å². The monoisotopic (exact) mass is 217 g/mol. The number of ether oxygens (including phenoxy) is 1. The molecule has 16 heavy (non-hydrogen) atoms. The molecule has 0 bridgehead atoms. The van der Waals surface area contributed by atoms with Gasteiger partial charge in [0.15, 0.2) is 0 Å². The molecule has 3 heterocycles. The molecule has 1 fully saturated rings. The van der Waals surface area contributed by atoms with Crippen molar-refractivity contribution in [2.24, 2.45) is 0 Å². The number of nitrogens with one attached hydrogen (secondary N) is 1. The number of pyridine rings is 1. The van der Waals surface area contributed by atoms with Crippen LogP contribution in [-0.2, 0) is 4.74 Å². The number of nitrogens with zero attached hydrogens (tertiary/aromatic N) is 2. The number of hydrogen-bond donors (Lipinski definition) is 1. The Balaban J connectivity index is 2.17. The van der Waals surface area contributed by atoms with Crippen molar-refractivity contribution >= 4 is 10.9 Å². The van der Waals surface area contributed by atoms with Gasteiger partial charge < -0.3 is 9.72 Å². The van der Waals surface area contributed by atoms with Crippen LogP contribution >= 0.6 is 0 Å². The Labute approximate surface area is 91.5 Å². The van der Waals surface area contributed by atoms with E-state index < -0.39 is 0 Å². The van der Waals surface area contributed by atoms with Crippen molar-refractivity contribution in [3.05, 3.63) is 34.6 Å². The minimum atomic E-state index is -0.127. The van der Waals surface area contributed by atoms with E-state index in [1.807, 2.05) is 0 Å². The molecular formula is C11H11N3O2. The van der Waals surface area contributed by atoms with Crippen LogP contribution in [0.1, 0.15) is 24.8 Å². The third-order valence-corrected chi connectivity index (χ3v) is 2.76. The summed E-state index contributed by atoms with van der Waals surface area (Å²) in [4.78, 5) is 22.9. The molecule has 1 N–H and O–H groups in total. The number of hydrogen-bond acceptors (Lipinski definition) is 4. The normalized spacial score (nSPS) is 20.4. The first-order valence-corrected chi connectivity index (χ1v) is 5.30. The minimum absolute atomic E-state index is 0.0719. The van der Waals surface area contributed by atoms with Crippen molar-refractivity contribution in [3.8, 4) is 0 Å². The molecule has 1 aliphatic heterocycles. The minimum Gasteiger partial charge on any atom is -0.370 e. The molecule has 0 aromatic carbocycles. The van der Waals surface area contributed by atoms with E-state index in [-0.39, 0.29) is 11.7 Å². The van der Waals surface area contributed by atoms with E-state index in [0.717, 1.165) is 19.4 Å². The maximum atomic E-state index is 11.8. The lowest BCUT2D eigenvalue weighted by atomic mass is 10.2. The summed E-state index contributed by atoms with van der Waals surface area (Å²) in [5, 5.41) is 0.566. The van der Waals surface area contributed by atoms with E-state index in [9.17, 15) is 4.79 Å². The van der Waals surface area contributed by atoms with Gasteiger partial charge in [0.25, 0.3) is 5.56 Å². The summed E-state index contributed by atoms with van der Waals surface area (Å²) in [6.07, 6.45) is 5.04. The van der Waals surface area contributed by atoms with Gasteiger partial charge in [0.05, 0.1) is 17.1 Å². The predicted molar refractivity (Wildman–Crippen MR) is 58.1 cm³/mol. The molecule has 82 valence electrons. The number of aromatic nitrogens is 3. The van der Waals surface area contributed by atoms with Gasteiger partial charge in [0, 0.05) is 12.8 Å². The van der Waals surface area contributed by atoms with Crippen LogP contribution in [0.4, 0.5) is 0 Å². The van der Waals surface area contributed by atoms with Crippen molar-refractivity contribution in [1.82, 2.24) is 15.0 Å².